The molecule has 1 rings (SSSR count). The number of thioether (sulfide) groups is 1. The molecule has 0 spiro atoms. The molecule has 0 aliphatic carbocycles. The van der Waals surface area contributed by atoms with Crippen LogP contribution in [0.15, 0.2) is 0 Å². The molecule has 0 aromatic carbocycles. The van der Waals surface area contributed by atoms with Gasteiger partial charge in [0.15, 0.2) is 0 Å². The largest absolute Gasteiger partial charge is 0.396 e. The van der Waals surface area contributed by atoms with E-state index in [1.165, 1.54) is 0 Å². The molecule has 0 radical (unpaired) electrons. The maximum absolute atomic E-state index is 11.9. The Morgan fingerprint density at radius 2 is 2.12 bits per heavy atom. The van der Waals surface area contributed by atoms with Gasteiger partial charge in [0.1, 0.15) is 0 Å². The third kappa shape index (κ3) is 4.74. The van der Waals surface area contributed by atoms with E-state index in [2.05, 4.69) is 13.8 Å². The normalized spacial score (nSPS) is 19.8. The number of hydrogen-bond acceptors (Lipinski definition) is 3. The van der Waals surface area contributed by atoms with Gasteiger partial charge < -0.3 is 10.0 Å². The van der Waals surface area contributed by atoms with Crippen LogP contribution in [0.25, 0.3) is 0 Å². The van der Waals surface area contributed by atoms with Gasteiger partial charge in [0.05, 0.1) is 5.75 Å². The summed E-state index contributed by atoms with van der Waals surface area (Å²) in [5.41, 5.74) is 0. The number of rotatable bonds is 5. The van der Waals surface area contributed by atoms with Gasteiger partial charge in [-0.25, -0.2) is 0 Å². The minimum atomic E-state index is 0.212. The predicted octanol–water partition coefficient (Wildman–Crippen LogP) is 1.75. The Labute approximate surface area is 103 Å². The fourth-order valence-corrected chi connectivity index (χ4v) is 2.71. The van der Waals surface area contributed by atoms with Gasteiger partial charge in [-0.1, -0.05) is 13.8 Å². The van der Waals surface area contributed by atoms with Crippen LogP contribution in [0.3, 0.4) is 0 Å². The van der Waals surface area contributed by atoms with Crippen molar-refractivity contribution in [2.75, 3.05) is 25.4 Å². The average Bonchev–Trinajstić information content (AvgIpc) is 2.27. The van der Waals surface area contributed by atoms with Crippen molar-refractivity contribution in [3.8, 4) is 0 Å². The highest BCUT2D eigenvalue weighted by Gasteiger charge is 2.20. The first kappa shape index (κ1) is 13.8. The highest BCUT2D eigenvalue weighted by molar-refractivity contribution is 8.00. The molecule has 1 amide bonds. The lowest BCUT2D eigenvalue weighted by Crippen LogP contribution is -2.39. The van der Waals surface area contributed by atoms with E-state index in [0.29, 0.717) is 11.0 Å². The minimum absolute atomic E-state index is 0.212. The number of likely N-dealkylation sites (tertiary alicyclic amines) is 1. The maximum Gasteiger partial charge on any atom is 0.232 e. The van der Waals surface area contributed by atoms with Crippen LogP contribution in [0.1, 0.15) is 33.1 Å². The molecule has 1 saturated heterocycles. The Bertz CT molecular complexity index is 215. The molecule has 0 aromatic rings. The van der Waals surface area contributed by atoms with E-state index in [-0.39, 0.29) is 12.5 Å². The average molecular weight is 245 g/mol. The number of nitrogens with zero attached hydrogens (tertiary/aromatic N) is 1. The standard InChI is InChI=1S/C12H23NO2S/c1-10-3-6-13(7-4-10)12(15)9-16-11(2)5-8-14/h10-11,14H,3-9H2,1-2H3. The summed E-state index contributed by atoms with van der Waals surface area (Å²) < 4.78 is 0. The van der Waals surface area contributed by atoms with Gasteiger partial charge in [0.25, 0.3) is 0 Å². The van der Waals surface area contributed by atoms with Gasteiger partial charge in [-0.3, -0.25) is 4.79 Å². The van der Waals surface area contributed by atoms with E-state index >= 15 is 0 Å². The molecule has 1 heterocycles. The Hall–Kier alpha value is -0.220. The molecule has 4 heteroatoms. The number of piperidine rings is 1. The second-order valence-electron chi connectivity index (χ2n) is 4.70. The van der Waals surface area contributed by atoms with Gasteiger partial charge in [-0.05, 0) is 25.2 Å². The second kappa shape index (κ2) is 7.17. The number of aliphatic hydroxyl groups excluding tert-OH is 1. The Morgan fingerprint density at radius 1 is 1.50 bits per heavy atom. The summed E-state index contributed by atoms with van der Waals surface area (Å²) in [6, 6.07) is 0. The summed E-state index contributed by atoms with van der Waals surface area (Å²) in [7, 11) is 0. The maximum atomic E-state index is 11.9. The van der Waals surface area contributed by atoms with Crippen LogP contribution in [0.5, 0.6) is 0 Å². The van der Waals surface area contributed by atoms with Crippen LogP contribution in [0.2, 0.25) is 0 Å². The highest BCUT2D eigenvalue weighted by atomic mass is 32.2. The van der Waals surface area contributed by atoms with Crippen molar-refractivity contribution in [3.05, 3.63) is 0 Å². The SMILES string of the molecule is CC1CCN(C(=O)CSC(C)CCO)CC1. The third-order valence-corrected chi connectivity index (χ3v) is 4.38. The van der Waals surface area contributed by atoms with Crippen molar-refractivity contribution in [2.24, 2.45) is 5.92 Å². The summed E-state index contributed by atoms with van der Waals surface area (Å²) >= 11 is 1.65. The molecule has 1 atom stereocenters. The molecule has 0 bridgehead atoms. The smallest absolute Gasteiger partial charge is 0.232 e. The van der Waals surface area contributed by atoms with Crippen LogP contribution >= 0.6 is 11.8 Å². The van der Waals surface area contributed by atoms with Crippen molar-refractivity contribution in [3.63, 3.8) is 0 Å². The molecule has 1 aliphatic heterocycles. The fraction of sp³-hybridized carbons (Fsp3) is 0.917. The van der Waals surface area contributed by atoms with E-state index in [1.807, 2.05) is 4.90 Å². The first-order valence-electron chi connectivity index (χ1n) is 6.13. The number of aliphatic hydroxyl groups is 1. The van der Waals surface area contributed by atoms with E-state index in [9.17, 15) is 4.79 Å². The zero-order chi connectivity index (χ0) is 12.0. The van der Waals surface area contributed by atoms with Gasteiger partial charge in [-0.15, -0.1) is 11.8 Å². The van der Waals surface area contributed by atoms with Crippen molar-refractivity contribution in [1.29, 1.82) is 0 Å². The van der Waals surface area contributed by atoms with Crippen LogP contribution in [-0.2, 0) is 4.79 Å². The molecule has 0 aromatic heterocycles. The molecular weight excluding hydrogens is 222 g/mol. The van der Waals surface area contributed by atoms with Crippen molar-refractivity contribution in [2.45, 2.75) is 38.4 Å². The molecule has 1 aliphatic rings. The lowest BCUT2D eigenvalue weighted by atomic mass is 9.99. The molecule has 1 unspecified atom stereocenters. The zero-order valence-electron chi connectivity index (χ0n) is 10.3. The van der Waals surface area contributed by atoms with E-state index in [0.717, 1.165) is 38.3 Å². The summed E-state index contributed by atoms with van der Waals surface area (Å²) in [5, 5.41) is 9.14. The molecule has 94 valence electrons. The van der Waals surface area contributed by atoms with E-state index < -0.39 is 0 Å². The fourth-order valence-electron chi connectivity index (χ4n) is 1.83. The van der Waals surface area contributed by atoms with Crippen LogP contribution in [-0.4, -0.2) is 46.6 Å². The van der Waals surface area contributed by atoms with Gasteiger partial charge in [0, 0.05) is 24.9 Å². The molecule has 0 saturated carbocycles. The highest BCUT2D eigenvalue weighted by Crippen LogP contribution is 2.19. The zero-order valence-corrected chi connectivity index (χ0v) is 11.1. The van der Waals surface area contributed by atoms with E-state index in [1.54, 1.807) is 11.8 Å². The van der Waals surface area contributed by atoms with Gasteiger partial charge in [0.2, 0.25) is 5.91 Å². The van der Waals surface area contributed by atoms with Gasteiger partial charge >= 0.3 is 0 Å². The lowest BCUT2D eigenvalue weighted by Gasteiger charge is -2.30. The Balaban J connectivity index is 2.19. The minimum Gasteiger partial charge on any atom is -0.396 e. The molecule has 1 N–H and O–H groups in total. The van der Waals surface area contributed by atoms with Crippen molar-refractivity contribution < 1.29 is 9.90 Å². The van der Waals surface area contributed by atoms with Gasteiger partial charge in [-0.2, -0.15) is 0 Å². The Kier molecular flexibility index (Phi) is 6.21. The summed E-state index contributed by atoms with van der Waals surface area (Å²) in [6.07, 6.45) is 3.06. The number of carbonyl (C=O) groups excluding carboxylic acids is 1. The quantitative estimate of drug-likeness (QED) is 0.802. The molecule has 3 nitrogen and oxygen atoms in total. The van der Waals surface area contributed by atoms with Crippen molar-refractivity contribution in [1.82, 2.24) is 4.90 Å². The van der Waals surface area contributed by atoms with E-state index in [4.69, 9.17) is 5.11 Å². The first-order chi connectivity index (χ1) is 7.63. The van der Waals surface area contributed by atoms with Crippen LogP contribution in [0, 0.1) is 5.92 Å². The topological polar surface area (TPSA) is 40.5 Å². The van der Waals surface area contributed by atoms with Crippen molar-refractivity contribution >= 4 is 17.7 Å². The van der Waals surface area contributed by atoms with Crippen LogP contribution < -0.4 is 0 Å². The molecule has 16 heavy (non-hydrogen) atoms. The summed E-state index contributed by atoms with van der Waals surface area (Å²) in [4.78, 5) is 13.8. The monoisotopic (exact) mass is 245 g/mol. The van der Waals surface area contributed by atoms with Crippen LogP contribution in [0.4, 0.5) is 0 Å². The number of hydrogen-bond donors (Lipinski definition) is 1. The molecule has 1 fully saturated rings. The second-order valence-corrected chi connectivity index (χ2v) is 6.12. The molecular formula is C12H23NO2S. The number of amides is 1. The summed E-state index contributed by atoms with van der Waals surface area (Å²) in [6.45, 7) is 6.37. The predicted molar refractivity (Wildman–Crippen MR) is 68.6 cm³/mol. The summed E-state index contributed by atoms with van der Waals surface area (Å²) in [5.74, 6) is 1.60. The number of carbonyl (C=O) groups is 1. The third-order valence-electron chi connectivity index (χ3n) is 3.16. The Morgan fingerprint density at radius 3 is 2.69 bits per heavy atom. The lowest BCUT2D eigenvalue weighted by molar-refractivity contribution is -0.129. The first-order valence-corrected chi connectivity index (χ1v) is 7.18.